The van der Waals surface area contributed by atoms with Crippen LogP contribution in [0.4, 0.5) is 10.8 Å². The zero-order valence-corrected chi connectivity index (χ0v) is 10.8. The van der Waals surface area contributed by atoms with Gasteiger partial charge in [-0.3, -0.25) is 0 Å². The third-order valence-corrected chi connectivity index (χ3v) is 4.01. The zero-order valence-electron chi connectivity index (χ0n) is 10.0. The summed E-state index contributed by atoms with van der Waals surface area (Å²) in [6, 6.07) is 2.59. The molecule has 90 valence electrons. The van der Waals surface area contributed by atoms with Gasteiger partial charge in [-0.15, -0.1) is 0 Å². The molecule has 0 amide bonds. The van der Waals surface area contributed by atoms with Gasteiger partial charge in [0, 0.05) is 25.2 Å². The Labute approximate surface area is 101 Å². The Morgan fingerprint density at radius 2 is 2.38 bits per heavy atom. The number of aromatic nitrogens is 1. The topological polar surface area (TPSA) is 45.4 Å². The number of hydrogen-bond acceptors (Lipinski definition) is 5. The van der Waals surface area contributed by atoms with E-state index in [0.717, 1.165) is 13.1 Å². The first-order valence-electron chi connectivity index (χ1n) is 5.88. The van der Waals surface area contributed by atoms with Crippen LogP contribution in [0.5, 0.6) is 0 Å². The Kier molecular flexibility index (Phi) is 3.66. The average molecular weight is 240 g/mol. The van der Waals surface area contributed by atoms with Crippen molar-refractivity contribution in [2.45, 2.75) is 25.8 Å². The Bertz CT molecular complexity index is 338. The number of nitrogen functional groups attached to an aromatic ring is 1. The third-order valence-electron chi connectivity index (χ3n) is 3.17. The fourth-order valence-corrected chi connectivity index (χ4v) is 3.07. The molecule has 0 saturated carbocycles. The molecule has 4 nitrogen and oxygen atoms in total. The van der Waals surface area contributed by atoms with E-state index in [1.54, 1.807) is 0 Å². The zero-order chi connectivity index (χ0) is 11.5. The molecule has 1 aromatic heterocycles. The number of hydrogen-bond donors (Lipinski definition) is 1. The van der Waals surface area contributed by atoms with Gasteiger partial charge in [0.1, 0.15) is 10.8 Å². The van der Waals surface area contributed by atoms with Crippen molar-refractivity contribution >= 4 is 22.4 Å². The number of likely N-dealkylation sites (N-methyl/N-ethyl adjacent to an activating group) is 1. The van der Waals surface area contributed by atoms with Gasteiger partial charge in [-0.25, -0.2) is 0 Å². The van der Waals surface area contributed by atoms with Crippen molar-refractivity contribution in [1.82, 2.24) is 9.27 Å². The molecule has 0 bridgehead atoms. The predicted molar refractivity (Wildman–Crippen MR) is 70.1 cm³/mol. The van der Waals surface area contributed by atoms with Crippen molar-refractivity contribution in [2.24, 2.45) is 0 Å². The van der Waals surface area contributed by atoms with Crippen LogP contribution in [-0.2, 0) is 0 Å². The van der Waals surface area contributed by atoms with E-state index in [0.29, 0.717) is 11.9 Å². The molecule has 1 saturated heterocycles. The number of rotatable bonds is 2. The molecule has 1 fully saturated rings. The number of anilines is 2. The van der Waals surface area contributed by atoms with Gasteiger partial charge < -0.3 is 15.5 Å². The molecule has 5 heteroatoms. The maximum absolute atomic E-state index is 5.70. The SMILES string of the molecule is CCC1CN(C)CCCN1c1cc(N)ns1. The summed E-state index contributed by atoms with van der Waals surface area (Å²) < 4.78 is 4.17. The van der Waals surface area contributed by atoms with Crippen LogP contribution in [0.1, 0.15) is 19.8 Å². The van der Waals surface area contributed by atoms with Gasteiger partial charge in [-0.2, -0.15) is 4.37 Å². The lowest BCUT2D eigenvalue weighted by molar-refractivity contribution is 0.328. The summed E-state index contributed by atoms with van der Waals surface area (Å²) in [5.74, 6) is 0.646. The van der Waals surface area contributed by atoms with E-state index < -0.39 is 0 Å². The molecule has 2 heterocycles. The van der Waals surface area contributed by atoms with Crippen molar-refractivity contribution in [1.29, 1.82) is 0 Å². The quantitative estimate of drug-likeness (QED) is 0.853. The second kappa shape index (κ2) is 5.01. The molecule has 1 aliphatic heterocycles. The standard InChI is InChI=1S/C11H20N4S/c1-3-9-8-14(2)5-4-6-15(9)11-7-10(12)13-16-11/h7,9H,3-6,8H2,1-2H3,(H2,12,13). The van der Waals surface area contributed by atoms with Crippen LogP contribution >= 0.6 is 11.5 Å². The molecule has 0 aliphatic carbocycles. The third kappa shape index (κ3) is 2.47. The van der Waals surface area contributed by atoms with Crippen molar-refractivity contribution in [3.8, 4) is 0 Å². The molecule has 2 rings (SSSR count). The largest absolute Gasteiger partial charge is 0.383 e. The lowest BCUT2D eigenvalue weighted by Gasteiger charge is -2.30. The molecular formula is C11H20N4S. The van der Waals surface area contributed by atoms with E-state index in [1.807, 2.05) is 6.07 Å². The fraction of sp³-hybridized carbons (Fsp3) is 0.727. The van der Waals surface area contributed by atoms with Gasteiger partial charge in [-0.1, -0.05) is 6.92 Å². The smallest absolute Gasteiger partial charge is 0.139 e. The van der Waals surface area contributed by atoms with Crippen LogP contribution in [0, 0.1) is 0 Å². The van der Waals surface area contributed by atoms with Gasteiger partial charge in [0.25, 0.3) is 0 Å². The van der Waals surface area contributed by atoms with Crippen LogP contribution in [0.3, 0.4) is 0 Å². The Morgan fingerprint density at radius 3 is 3.00 bits per heavy atom. The van der Waals surface area contributed by atoms with Crippen molar-refractivity contribution in [2.75, 3.05) is 37.3 Å². The summed E-state index contributed by atoms with van der Waals surface area (Å²) >= 11 is 1.52. The first-order chi connectivity index (χ1) is 7.70. The summed E-state index contributed by atoms with van der Waals surface area (Å²) in [6.45, 7) is 5.68. The number of nitrogens with zero attached hydrogens (tertiary/aromatic N) is 3. The van der Waals surface area contributed by atoms with Gasteiger partial charge in [0.05, 0.1) is 0 Å². The summed E-state index contributed by atoms with van der Waals surface area (Å²) in [5, 5.41) is 1.22. The highest BCUT2D eigenvalue weighted by molar-refractivity contribution is 7.10. The van der Waals surface area contributed by atoms with Crippen molar-refractivity contribution < 1.29 is 0 Å². The van der Waals surface area contributed by atoms with Gasteiger partial charge in [-0.05, 0) is 38.0 Å². The Hall–Kier alpha value is -0.810. The molecule has 0 radical (unpaired) electrons. The highest BCUT2D eigenvalue weighted by Gasteiger charge is 2.23. The van der Waals surface area contributed by atoms with E-state index >= 15 is 0 Å². The van der Waals surface area contributed by atoms with Crippen LogP contribution in [0.2, 0.25) is 0 Å². The second-order valence-electron chi connectivity index (χ2n) is 4.46. The van der Waals surface area contributed by atoms with E-state index in [-0.39, 0.29) is 0 Å². The highest BCUT2D eigenvalue weighted by atomic mass is 32.1. The van der Waals surface area contributed by atoms with Gasteiger partial charge in [0.15, 0.2) is 0 Å². The van der Waals surface area contributed by atoms with Crippen LogP contribution in [-0.4, -0.2) is 42.0 Å². The minimum atomic E-state index is 0.590. The lowest BCUT2D eigenvalue weighted by atomic mass is 10.2. The first-order valence-corrected chi connectivity index (χ1v) is 6.65. The van der Waals surface area contributed by atoms with E-state index in [9.17, 15) is 0 Å². The summed E-state index contributed by atoms with van der Waals surface area (Å²) in [4.78, 5) is 4.89. The molecule has 2 N–H and O–H groups in total. The maximum atomic E-state index is 5.70. The summed E-state index contributed by atoms with van der Waals surface area (Å²) in [7, 11) is 2.20. The Morgan fingerprint density at radius 1 is 1.56 bits per heavy atom. The lowest BCUT2D eigenvalue weighted by Crippen LogP contribution is -2.39. The molecule has 0 spiro atoms. The Balaban J connectivity index is 2.17. The van der Waals surface area contributed by atoms with Crippen LogP contribution in [0.15, 0.2) is 6.07 Å². The predicted octanol–water partition coefficient (Wildman–Crippen LogP) is 1.65. The molecule has 1 aliphatic rings. The second-order valence-corrected chi connectivity index (χ2v) is 5.24. The molecule has 0 aromatic carbocycles. The maximum Gasteiger partial charge on any atom is 0.139 e. The summed E-state index contributed by atoms with van der Waals surface area (Å²) in [5.41, 5.74) is 5.70. The fourth-order valence-electron chi connectivity index (χ4n) is 2.30. The molecular weight excluding hydrogens is 220 g/mol. The monoisotopic (exact) mass is 240 g/mol. The van der Waals surface area contributed by atoms with E-state index in [1.165, 1.54) is 35.9 Å². The molecule has 1 atom stereocenters. The minimum absolute atomic E-state index is 0.590. The van der Waals surface area contributed by atoms with Gasteiger partial charge >= 0.3 is 0 Å². The van der Waals surface area contributed by atoms with Crippen LogP contribution in [0.25, 0.3) is 0 Å². The van der Waals surface area contributed by atoms with E-state index in [4.69, 9.17) is 5.73 Å². The van der Waals surface area contributed by atoms with Crippen LogP contribution < -0.4 is 10.6 Å². The van der Waals surface area contributed by atoms with Gasteiger partial charge in [0.2, 0.25) is 0 Å². The first kappa shape index (κ1) is 11.7. The number of nitrogens with two attached hydrogens (primary N) is 1. The van der Waals surface area contributed by atoms with E-state index in [2.05, 4.69) is 28.1 Å². The molecule has 1 aromatic rings. The molecule has 1 unspecified atom stereocenters. The molecule has 16 heavy (non-hydrogen) atoms. The van der Waals surface area contributed by atoms with Crippen molar-refractivity contribution in [3.63, 3.8) is 0 Å². The average Bonchev–Trinajstić information content (AvgIpc) is 2.58. The normalized spacial score (nSPS) is 23.4. The summed E-state index contributed by atoms with van der Waals surface area (Å²) in [6.07, 6.45) is 2.38. The highest BCUT2D eigenvalue weighted by Crippen LogP contribution is 2.27. The van der Waals surface area contributed by atoms with Crippen molar-refractivity contribution in [3.05, 3.63) is 6.07 Å². The minimum Gasteiger partial charge on any atom is -0.383 e.